The highest BCUT2D eigenvalue weighted by atomic mass is 32.2. The van der Waals surface area contributed by atoms with Gasteiger partial charge in [-0.15, -0.1) is 0 Å². The third-order valence-corrected chi connectivity index (χ3v) is 5.70. The lowest BCUT2D eigenvalue weighted by atomic mass is 10.2. The van der Waals surface area contributed by atoms with Gasteiger partial charge in [-0.1, -0.05) is 12.1 Å². The van der Waals surface area contributed by atoms with Gasteiger partial charge in [0.25, 0.3) is 0 Å². The number of benzene rings is 1. The standard InChI is InChI=1S/C16H21N5O4S2/c1-11(22)12-3-5-13(6-4-12)27(24,25)18-10-8-15(23)17-9-7-14-19-20-16(26)21(14)2/h3-6,18H,7-10H2,1-2H3,(H,17,23)(H,20,26). The number of nitrogens with zero attached hydrogens (tertiary/aromatic N) is 2. The maximum absolute atomic E-state index is 12.2. The molecule has 1 heterocycles. The Morgan fingerprint density at radius 1 is 1.22 bits per heavy atom. The largest absolute Gasteiger partial charge is 0.356 e. The van der Waals surface area contributed by atoms with Crippen LogP contribution in [0.1, 0.15) is 29.5 Å². The van der Waals surface area contributed by atoms with Gasteiger partial charge in [0.2, 0.25) is 15.9 Å². The van der Waals surface area contributed by atoms with Crippen LogP contribution in [0.3, 0.4) is 0 Å². The number of sulfonamides is 1. The fourth-order valence-electron chi connectivity index (χ4n) is 2.26. The monoisotopic (exact) mass is 411 g/mol. The van der Waals surface area contributed by atoms with E-state index >= 15 is 0 Å². The van der Waals surface area contributed by atoms with Gasteiger partial charge >= 0.3 is 0 Å². The summed E-state index contributed by atoms with van der Waals surface area (Å²) in [6.45, 7) is 1.74. The van der Waals surface area contributed by atoms with E-state index in [4.69, 9.17) is 12.2 Å². The van der Waals surface area contributed by atoms with Crippen LogP contribution in [-0.4, -0.2) is 48.0 Å². The fourth-order valence-corrected chi connectivity index (χ4v) is 3.44. The molecule has 2 rings (SSSR count). The molecule has 0 aliphatic heterocycles. The van der Waals surface area contributed by atoms with E-state index in [2.05, 4.69) is 20.2 Å². The molecule has 1 aromatic carbocycles. The molecule has 3 N–H and O–H groups in total. The topological polar surface area (TPSA) is 126 Å². The first-order valence-corrected chi connectivity index (χ1v) is 10.1. The summed E-state index contributed by atoms with van der Waals surface area (Å²) in [5.41, 5.74) is 0.432. The zero-order chi connectivity index (χ0) is 20.0. The minimum atomic E-state index is -3.74. The van der Waals surface area contributed by atoms with Crippen LogP contribution in [0.25, 0.3) is 0 Å². The average Bonchev–Trinajstić information content (AvgIpc) is 2.94. The number of rotatable bonds is 9. The summed E-state index contributed by atoms with van der Waals surface area (Å²) in [6.07, 6.45) is 0.507. The summed E-state index contributed by atoms with van der Waals surface area (Å²) in [7, 11) is -1.96. The minimum absolute atomic E-state index is 0.00371. The van der Waals surface area contributed by atoms with Crippen LogP contribution in [0.5, 0.6) is 0 Å². The number of hydrogen-bond acceptors (Lipinski definition) is 6. The van der Waals surface area contributed by atoms with E-state index in [9.17, 15) is 18.0 Å². The molecular formula is C16H21N5O4S2. The number of Topliss-reactive ketones (excluding diaryl/α,β-unsaturated/α-hetero) is 1. The van der Waals surface area contributed by atoms with Crippen molar-refractivity contribution in [2.75, 3.05) is 13.1 Å². The number of amides is 1. The van der Waals surface area contributed by atoms with Crippen molar-refractivity contribution in [1.82, 2.24) is 24.8 Å². The highest BCUT2D eigenvalue weighted by Crippen LogP contribution is 2.10. The van der Waals surface area contributed by atoms with Crippen molar-refractivity contribution in [3.63, 3.8) is 0 Å². The van der Waals surface area contributed by atoms with E-state index in [1.807, 2.05) is 0 Å². The minimum Gasteiger partial charge on any atom is -0.356 e. The fraction of sp³-hybridized carbons (Fsp3) is 0.375. The molecule has 27 heavy (non-hydrogen) atoms. The summed E-state index contributed by atoms with van der Waals surface area (Å²) in [5.74, 6) is 0.298. The predicted molar refractivity (Wildman–Crippen MR) is 101 cm³/mol. The van der Waals surface area contributed by atoms with Crippen molar-refractivity contribution in [3.8, 4) is 0 Å². The lowest BCUT2D eigenvalue weighted by molar-refractivity contribution is -0.120. The van der Waals surface area contributed by atoms with E-state index in [0.717, 1.165) is 5.82 Å². The van der Waals surface area contributed by atoms with E-state index < -0.39 is 10.0 Å². The Kier molecular flexibility index (Phi) is 6.99. The van der Waals surface area contributed by atoms with Gasteiger partial charge in [0.05, 0.1) is 4.90 Å². The Hall–Kier alpha value is -2.37. The lowest BCUT2D eigenvalue weighted by Crippen LogP contribution is -2.32. The van der Waals surface area contributed by atoms with Gasteiger partial charge in [-0.2, -0.15) is 5.10 Å². The quantitative estimate of drug-likeness (QED) is 0.412. The second-order valence-corrected chi connectivity index (χ2v) is 7.99. The first-order valence-electron chi connectivity index (χ1n) is 8.18. The molecule has 1 aromatic heterocycles. The third kappa shape index (κ3) is 5.81. The Balaban J connectivity index is 1.77. The Morgan fingerprint density at radius 2 is 1.89 bits per heavy atom. The second-order valence-electron chi connectivity index (χ2n) is 5.83. The van der Waals surface area contributed by atoms with E-state index in [0.29, 0.717) is 23.3 Å². The number of hydrogen-bond donors (Lipinski definition) is 3. The van der Waals surface area contributed by atoms with Gasteiger partial charge in [0.15, 0.2) is 10.6 Å². The average molecular weight is 412 g/mol. The lowest BCUT2D eigenvalue weighted by Gasteiger charge is -2.08. The van der Waals surface area contributed by atoms with Crippen LogP contribution in [-0.2, 0) is 28.3 Å². The number of H-pyrrole nitrogens is 1. The molecule has 0 aliphatic rings. The number of carbonyl (C=O) groups is 2. The van der Waals surface area contributed by atoms with Crippen molar-refractivity contribution < 1.29 is 18.0 Å². The summed E-state index contributed by atoms with van der Waals surface area (Å²) in [5, 5.41) is 9.40. The predicted octanol–water partition coefficient (Wildman–Crippen LogP) is 0.708. The van der Waals surface area contributed by atoms with Crippen LogP contribution in [0.4, 0.5) is 0 Å². The summed E-state index contributed by atoms with van der Waals surface area (Å²) in [4.78, 5) is 23.1. The van der Waals surface area contributed by atoms with Crippen molar-refractivity contribution in [1.29, 1.82) is 0 Å². The zero-order valence-corrected chi connectivity index (χ0v) is 16.6. The molecule has 146 valence electrons. The Bertz CT molecular complexity index is 977. The van der Waals surface area contributed by atoms with Crippen LogP contribution in [0, 0.1) is 4.77 Å². The molecule has 1 amide bonds. The molecule has 0 unspecified atom stereocenters. The molecule has 0 spiro atoms. The van der Waals surface area contributed by atoms with Crippen molar-refractivity contribution in [3.05, 3.63) is 40.4 Å². The summed E-state index contributed by atoms with van der Waals surface area (Å²) >= 11 is 5.00. The first-order chi connectivity index (χ1) is 12.7. The van der Waals surface area contributed by atoms with Gasteiger partial charge in [0, 0.05) is 38.5 Å². The highest BCUT2D eigenvalue weighted by Gasteiger charge is 2.14. The molecular weight excluding hydrogens is 390 g/mol. The van der Waals surface area contributed by atoms with Crippen LogP contribution in [0.15, 0.2) is 29.2 Å². The van der Waals surface area contributed by atoms with Crippen molar-refractivity contribution in [2.24, 2.45) is 7.05 Å². The number of carbonyl (C=O) groups excluding carboxylic acids is 2. The van der Waals surface area contributed by atoms with Gasteiger partial charge in [-0.25, -0.2) is 13.1 Å². The van der Waals surface area contributed by atoms with E-state index in [-0.39, 0.29) is 29.6 Å². The molecule has 2 aromatic rings. The molecule has 0 saturated heterocycles. The Labute approximate surface area is 162 Å². The smallest absolute Gasteiger partial charge is 0.240 e. The second kappa shape index (κ2) is 9.02. The molecule has 0 bridgehead atoms. The molecule has 0 radical (unpaired) electrons. The molecule has 0 saturated carbocycles. The van der Waals surface area contributed by atoms with Gasteiger partial charge in [-0.3, -0.25) is 14.7 Å². The maximum atomic E-state index is 12.2. The van der Waals surface area contributed by atoms with E-state index in [1.54, 1.807) is 11.6 Å². The zero-order valence-electron chi connectivity index (χ0n) is 15.0. The molecule has 0 fully saturated rings. The van der Waals surface area contributed by atoms with Crippen molar-refractivity contribution in [2.45, 2.75) is 24.7 Å². The van der Waals surface area contributed by atoms with Crippen molar-refractivity contribution >= 4 is 33.9 Å². The van der Waals surface area contributed by atoms with Crippen LogP contribution < -0.4 is 10.0 Å². The summed E-state index contributed by atoms with van der Waals surface area (Å²) < 4.78 is 28.9. The molecule has 0 aliphatic carbocycles. The number of ketones is 1. The SMILES string of the molecule is CC(=O)c1ccc(S(=O)(=O)NCCC(=O)NCCc2n[nH]c(=S)n2C)cc1. The van der Waals surface area contributed by atoms with Crippen LogP contribution >= 0.6 is 12.2 Å². The maximum Gasteiger partial charge on any atom is 0.240 e. The van der Waals surface area contributed by atoms with Gasteiger partial charge in [0.1, 0.15) is 5.82 Å². The van der Waals surface area contributed by atoms with Gasteiger partial charge < -0.3 is 9.88 Å². The highest BCUT2D eigenvalue weighted by molar-refractivity contribution is 7.89. The molecule has 0 atom stereocenters. The third-order valence-electron chi connectivity index (χ3n) is 3.86. The van der Waals surface area contributed by atoms with E-state index in [1.165, 1.54) is 31.2 Å². The first kappa shape index (κ1) is 20.9. The normalized spacial score (nSPS) is 11.3. The number of nitrogens with one attached hydrogen (secondary N) is 3. The summed E-state index contributed by atoms with van der Waals surface area (Å²) in [6, 6.07) is 5.62. The molecule has 11 heteroatoms. The van der Waals surface area contributed by atoms with Crippen LogP contribution in [0.2, 0.25) is 0 Å². The number of aromatic nitrogens is 3. The number of aromatic amines is 1. The molecule has 9 nitrogen and oxygen atoms in total. The Morgan fingerprint density at radius 3 is 2.44 bits per heavy atom. The van der Waals surface area contributed by atoms with Gasteiger partial charge in [-0.05, 0) is 31.3 Å².